The van der Waals surface area contributed by atoms with Crippen molar-refractivity contribution in [1.29, 1.82) is 0 Å². The SMILES string of the molecule is CCOc1ccc(Oc2cc(CNC(=O)C3Cc4ccccc4CN3C(=O)CC(C)C)ccn2)cc1. The maximum Gasteiger partial charge on any atom is 0.243 e. The minimum atomic E-state index is -0.535. The molecule has 36 heavy (non-hydrogen) atoms. The average molecular weight is 488 g/mol. The second-order valence-corrected chi connectivity index (χ2v) is 9.33. The first-order valence-electron chi connectivity index (χ1n) is 12.4. The second kappa shape index (κ2) is 11.7. The van der Waals surface area contributed by atoms with E-state index in [0.29, 0.717) is 44.2 Å². The number of ether oxygens (including phenoxy) is 2. The van der Waals surface area contributed by atoms with Gasteiger partial charge in [0.15, 0.2) is 0 Å². The molecule has 1 aromatic heterocycles. The van der Waals surface area contributed by atoms with Gasteiger partial charge in [-0.1, -0.05) is 38.1 Å². The summed E-state index contributed by atoms with van der Waals surface area (Å²) in [6.45, 7) is 7.34. The monoisotopic (exact) mass is 487 g/mol. The zero-order valence-electron chi connectivity index (χ0n) is 21.1. The molecule has 7 heteroatoms. The van der Waals surface area contributed by atoms with Crippen LogP contribution in [0.3, 0.4) is 0 Å². The lowest BCUT2D eigenvalue weighted by molar-refractivity contribution is -0.142. The van der Waals surface area contributed by atoms with Gasteiger partial charge in [0.05, 0.1) is 6.61 Å². The van der Waals surface area contributed by atoms with Crippen molar-refractivity contribution >= 4 is 11.8 Å². The van der Waals surface area contributed by atoms with Gasteiger partial charge in [0.25, 0.3) is 0 Å². The molecule has 188 valence electrons. The van der Waals surface area contributed by atoms with Crippen LogP contribution in [0.15, 0.2) is 66.9 Å². The van der Waals surface area contributed by atoms with E-state index in [4.69, 9.17) is 9.47 Å². The molecule has 0 fully saturated rings. The summed E-state index contributed by atoms with van der Waals surface area (Å²) in [6, 6.07) is 18.5. The highest BCUT2D eigenvalue weighted by Gasteiger charge is 2.34. The first kappa shape index (κ1) is 25.2. The second-order valence-electron chi connectivity index (χ2n) is 9.33. The molecule has 0 saturated carbocycles. The average Bonchev–Trinajstić information content (AvgIpc) is 2.87. The number of hydrogen-bond acceptors (Lipinski definition) is 5. The number of nitrogens with zero attached hydrogens (tertiary/aromatic N) is 2. The Bertz CT molecular complexity index is 1190. The van der Waals surface area contributed by atoms with Gasteiger partial charge in [-0.3, -0.25) is 9.59 Å². The first-order chi connectivity index (χ1) is 17.4. The van der Waals surface area contributed by atoms with Crippen molar-refractivity contribution < 1.29 is 19.1 Å². The third kappa shape index (κ3) is 6.42. The highest BCUT2D eigenvalue weighted by atomic mass is 16.5. The maximum absolute atomic E-state index is 13.3. The van der Waals surface area contributed by atoms with Crippen LogP contribution in [-0.2, 0) is 29.1 Å². The van der Waals surface area contributed by atoms with Gasteiger partial charge >= 0.3 is 0 Å². The van der Waals surface area contributed by atoms with Gasteiger partial charge in [-0.05, 0) is 59.9 Å². The number of aromatic nitrogens is 1. The molecule has 0 spiro atoms. The van der Waals surface area contributed by atoms with E-state index in [9.17, 15) is 9.59 Å². The van der Waals surface area contributed by atoms with Crippen LogP contribution in [0.25, 0.3) is 0 Å². The molecular formula is C29H33N3O4. The van der Waals surface area contributed by atoms with Crippen LogP contribution in [0.4, 0.5) is 0 Å². The third-order valence-corrected chi connectivity index (χ3v) is 6.08. The molecule has 0 bridgehead atoms. The summed E-state index contributed by atoms with van der Waals surface area (Å²) >= 11 is 0. The van der Waals surface area contributed by atoms with E-state index in [1.165, 1.54) is 0 Å². The molecule has 0 radical (unpaired) electrons. The lowest BCUT2D eigenvalue weighted by Crippen LogP contribution is -2.52. The molecule has 7 nitrogen and oxygen atoms in total. The van der Waals surface area contributed by atoms with Gasteiger partial charge in [-0.25, -0.2) is 4.98 Å². The minimum absolute atomic E-state index is 0.00889. The van der Waals surface area contributed by atoms with E-state index in [1.54, 1.807) is 17.2 Å². The number of pyridine rings is 1. The first-order valence-corrected chi connectivity index (χ1v) is 12.4. The van der Waals surface area contributed by atoms with E-state index in [2.05, 4.69) is 10.3 Å². The summed E-state index contributed by atoms with van der Waals surface area (Å²) in [5, 5.41) is 3.02. The summed E-state index contributed by atoms with van der Waals surface area (Å²) in [6.07, 6.45) is 2.58. The Morgan fingerprint density at radius 3 is 2.50 bits per heavy atom. The van der Waals surface area contributed by atoms with Crippen LogP contribution in [0.5, 0.6) is 17.4 Å². The van der Waals surface area contributed by atoms with Gasteiger partial charge in [-0.15, -0.1) is 0 Å². The Balaban J connectivity index is 1.42. The lowest BCUT2D eigenvalue weighted by Gasteiger charge is -2.36. The molecule has 1 atom stereocenters. The molecule has 1 unspecified atom stereocenters. The zero-order valence-corrected chi connectivity index (χ0v) is 21.1. The van der Waals surface area contributed by atoms with Crippen molar-refractivity contribution in [3.05, 3.63) is 83.6 Å². The predicted octanol–water partition coefficient (Wildman–Crippen LogP) is 4.89. The lowest BCUT2D eigenvalue weighted by atomic mass is 9.92. The Hall–Kier alpha value is -3.87. The summed E-state index contributed by atoms with van der Waals surface area (Å²) in [7, 11) is 0. The number of nitrogens with one attached hydrogen (secondary N) is 1. The molecule has 2 aromatic carbocycles. The number of rotatable bonds is 9. The molecule has 0 aliphatic carbocycles. The smallest absolute Gasteiger partial charge is 0.243 e. The Morgan fingerprint density at radius 2 is 1.78 bits per heavy atom. The van der Waals surface area contributed by atoms with Gasteiger partial charge in [0.2, 0.25) is 17.7 Å². The molecule has 1 aliphatic heterocycles. The quantitative estimate of drug-likeness (QED) is 0.465. The summed E-state index contributed by atoms with van der Waals surface area (Å²) in [4.78, 5) is 32.3. The Morgan fingerprint density at radius 1 is 1.06 bits per heavy atom. The van der Waals surface area contributed by atoms with Gasteiger partial charge < -0.3 is 19.7 Å². The molecular weight excluding hydrogens is 454 g/mol. The van der Waals surface area contributed by atoms with Crippen LogP contribution < -0.4 is 14.8 Å². The summed E-state index contributed by atoms with van der Waals surface area (Å²) in [5.41, 5.74) is 3.07. The fourth-order valence-corrected chi connectivity index (χ4v) is 4.30. The van der Waals surface area contributed by atoms with Crippen molar-refractivity contribution in [3.63, 3.8) is 0 Å². The van der Waals surface area contributed by atoms with Gasteiger partial charge in [0.1, 0.15) is 17.5 Å². The molecule has 1 N–H and O–H groups in total. The predicted molar refractivity (Wildman–Crippen MR) is 138 cm³/mol. The number of benzene rings is 2. The number of hydrogen-bond donors (Lipinski definition) is 1. The molecule has 0 saturated heterocycles. The minimum Gasteiger partial charge on any atom is -0.494 e. The van der Waals surface area contributed by atoms with E-state index in [0.717, 1.165) is 22.4 Å². The van der Waals surface area contributed by atoms with E-state index in [-0.39, 0.29) is 17.7 Å². The van der Waals surface area contributed by atoms with Crippen molar-refractivity contribution in [3.8, 4) is 17.4 Å². The normalized spacial score (nSPS) is 14.8. The van der Waals surface area contributed by atoms with Crippen LogP contribution in [0.1, 0.15) is 43.9 Å². The van der Waals surface area contributed by atoms with E-state index >= 15 is 0 Å². The summed E-state index contributed by atoms with van der Waals surface area (Å²) < 4.78 is 11.3. The van der Waals surface area contributed by atoms with Gasteiger partial charge in [0, 0.05) is 38.2 Å². The fraction of sp³-hybridized carbons (Fsp3) is 0.345. The van der Waals surface area contributed by atoms with Crippen LogP contribution in [-0.4, -0.2) is 34.3 Å². The number of amides is 2. The number of carbonyl (C=O) groups is 2. The van der Waals surface area contributed by atoms with E-state index < -0.39 is 6.04 Å². The molecule has 4 rings (SSSR count). The Kier molecular flexibility index (Phi) is 8.21. The molecule has 3 aromatic rings. The maximum atomic E-state index is 13.3. The highest BCUT2D eigenvalue weighted by molar-refractivity contribution is 5.88. The molecule has 2 amide bonds. The fourth-order valence-electron chi connectivity index (χ4n) is 4.30. The van der Waals surface area contributed by atoms with Crippen molar-refractivity contribution in [1.82, 2.24) is 15.2 Å². The number of carbonyl (C=O) groups excluding carboxylic acids is 2. The van der Waals surface area contributed by atoms with Crippen molar-refractivity contribution in [2.45, 2.75) is 52.7 Å². The Labute approximate surface area is 212 Å². The number of fused-ring (bicyclic) bond motifs is 1. The van der Waals surface area contributed by atoms with Gasteiger partial charge in [-0.2, -0.15) is 0 Å². The van der Waals surface area contributed by atoms with Crippen molar-refractivity contribution in [2.75, 3.05) is 6.61 Å². The van der Waals surface area contributed by atoms with E-state index in [1.807, 2.05) is 75.4 Å². The summed E-state index contributed by atoms with van der Waals surface area (Å²) in [5.74, 6) is 1.94. The van der Waals surface area contributed by atoms with Crippen LogP contribution in [0, 0.1) is 5.92 Å². The van der Waals surface area contributed by atoms with Crippen LogP contribution >= 0.6 is 0 Å². The topological polar surface area (TPSA) is 80.8 Å². The highest BCUT2D eigenvalue weighted by Crippen LogP contribution is 2.26. The molecule has 1 aliphatic rings. The zero-order chi connectivity index (χ0) is 25.5. The van der Waals surface area contributed by atoms with Crippen LogP contribution in [0.2, 0.25) is 0 Å². The molecule has 2 heterocycles. The third-order valence-electron chi connectivity index (χ3n) is 6.08. The van der Waals surface area contributed by atoms with Crippen molar-refractivity contribution in [2.24, 2.45) is 5.92 Å². The standard InChI is InChI=1S/C29H33N3O4/c1-4-35-24-9-11-25(12-10-24)36-27-16-21(13-14-30-27)18-31-29(34)26-17-22-7-5-6-8-23(22)19-32(26)28(33)15-20(2)3/h5-14,16,20,26H,4,15,17-19H2,1-3H3,(H,31,34). The largest absolute Gasteiger partial charge is 0.494 e.